The van der Waals surface area contributed by atoms with Gasteiger partial charge in [0.15, 0.2) is 6.61 Å². The van der Waals surface area contributed by atoms with Crippen LogP contribution >= 0.6 is 0 Å². The topological polar surface area (TPSA) is 51.2 Å². The molecule has 2 rings (SSSR count). The molecule has 0 saturated heterocycles. The Labute approximate surface area is 135 Å². The largest absolute Gasteiger partial charge is 0.468 e. The average Bonchev–Trinajstić information content (AvgIpc) is 2.51. The number of nitrogens with zero attached hydrogens (tertiary/aromatic N) is 1. The fourth-order valence-corrected chi connectivity index (χ4v) is 1.89. The Kier molecular flexibility index (Phi) is 5.73. The van der Waals surface area contributed by atoms with E-state index in [0.717, 1.165) is 0 Å². The number of hydrogen-bond acceptors (Lipinski definition) is 3. The minimum absolute atomic E-state index is 0.0553. The van der Waals surface area contributed by atoms with E-state index in [1.165, 1.54) is 36.5 Å². The zero-order valence-electron chi connectivity index (χ0n) is 12.4. The van der Waals surface area contributed by atoms with Crippen LogP contribution in [0.3, 0.4) is 0 Å². The van der Waals surface area contributed by atoms with Crippen molar-refractivity contribution >= 4 is 5.91 Å². The molecule has 128 valence electrons. The Morgan fingerprint density at radius 3 is 2.67 bits per heavy atom. The zero-order chi connectivity index (χ0) is 17.6. The Hall–Kier alpha value is -2.64. The summed E-state index contributed by atoms with van der Waals surface area (Å²) in [6.45, 7) is -1.30. The third-order valence-corrected chi connectivity index (χ3v) is 2.93. The number of benzene rings is 1. The molecule has 0 aliphatic rings. The summed E-state index contributed by atoms with van der Waals surface area (Å²) in [5, 5.41) is 2.60. The summed E-state index contributed by atoms with van der Waals surface area (Å²) in [7, 11) is 0. The van der Waals surface area contributed by atoms with E-state index < -0.39 is 18.6 Å². The molecule has 0 spiro atoms. The molecule has 24 heavy (non-hydrogen) atoms. The number of hydrogen-bond donors (Lipinski definition) is 1. The third kappa shape index (κ3) is 6.23. The van der Waals surface area contributed by atoms with Gasteiger partial charge in [-0.05, 0) is 29.3 Å². The number of aromatic nitrogens is 1. The van der Waals surface area contributed by atoms with E-state index in [-0.39, 0.29) is 24.8 Å². The van der Waals surface area contributed by atoms with Crippen molar-refractivity contribution in [3.63, 3.8) is 0 Å². The quantitative estimate of drug-likeness (QED) is 0.821. The van der Waals surface area contributed by atoms with Crippen LogP contribution in [0.2, 0.25) is 0 Å². The molecule has 1 N–H and O–H groups in total. The van der Waals surface area contributed by atoms with Crippen molar-refractivity contribution in [2.24, 2.45) is 0 Å². The third-order valence-electron chi connectivity index (χ3n) is 2.93. The molecule has 8 heteroatoms. The highest BCUT2D eigenvalue weighted by molar-refractivity contribution is 5.78. The number of amides is 1. The summed E-state index contributed by atoms with van der Waals surface area (Å²) in [6, 6.07) is 8.57. The first-order chi connectivity index (χ1) is 11.3. The van der Waals surface area contributed by atoms with Gasteiger partial charge in [-0.2, -0.15) is 13.2 Å². The van der Waals surface area contributed by atoms with E-state index in [4.69, 9.17) is 0 Å². The van der Waals surface area contributed by atoms with Gasteiger partial charge in [0.2, 0.25) is 11.8 Å². The van der Waals surface area contributed by atoms with Crippen LogP contribution in [0.5, 0.6) is 5.88 Å². The maximum Gasteiger partial charge on any atom is 0.422 e. The summed E-state index contributed by atoms with van der Waals surface area (Å²) in [6.07, 6.45) is -3.25. The summed E-state index contributed by atoms with van der Waals surface area (Å²) in [5.74, 6) is -0.961. The molecule has 0 aliphatic heterocycles. The van der Waals surface area contributed by atoms with Crippen molar-refractivity contribution in [2.45, 2.75) is 19.1 Å². The van der Waals surface area contributed by atoms with Crippen molar-refractivity contribution < 1.29 is 27.1 Å². The number of halogens is 4. The molecule has 0 aliphatic carbocycles. The normalized spacial score (nSPS) is 11.2. The van der Waals surface area contributed by atoms with Crippen molar-refractivity contribution in [3.05, 3.63) is 59.5 Å². The highest BCUT2D eigenvalue weighted by Gasteiger charge is 2.28. The van der Waals surface area contributed by atoms with Gasteiger partial charge in [-0.1, -0.05) is 12.1 Å². The van der Waals surface area contributed by atoms with E-state index in [9.17, 15) is 22.4 Å². The zero-order valence-corrected chi connectivity index (χ0v) is 12.4. The van der Waals surface area contributed by atoms with Gasteiger partial charge in [0, 0.05) is 18.8 Å². The minimum atomic E-state index is -4.46. The predicted octanol–water partition coefficient (Wildman–Crippen LogP) is 3.02. The predicted molar refractivity (Wildman–Crippen MR) is 77.7 cm³/mol. The van der Waals surface area contributed by atoms with Crippen molar-refractivity contribution in [1.82, 2.24) is 10.3 Å². The van der Waals surface area contributed by atoms with Gasteiger partial charge in [-0.3, -0.25) is 4.79 Å². The smallest absolute Gasteiger partial charge is 0.422 e. The van der Waals surface area contributed by atoms with Gasteiger partial charge >= 0.3 is 6.18 Å². The van der Waals surface area contributed by atoms with E-state index in [1.54, 1.807) is 6.07 Å². The van der Waals surface area contributed by atoms with Crippen LogP contribution in [-0.4, -0.2) is 23.7 Å². The van der Waals surface area contributed by atoms with Gasteiger partial charge in [0.1, 0.15) is 5.82 Å². The molecule has 1 aromatic heterocycles. The van der Waals surface area contributed by atoms with E-state index in [2.05, 4.69) is 15.0 Å². The molecule has 0 atom stereocenters. The van der Waals surface area contributed by atoms with Crippen LogP contribution in [0.25, 0.3) is 0 Å². The highest BCUT2D eigenvalue weighted by atomic mass is 19.4. The van der Waals surface area contributed by atoms with Gasteiger partial charge < -0.3 is 10.1 Å². The second kappa shape index (κ2) is 7.76. The molecule has 1 amide bonds. The molecule has 0 unspecified atom stereocenters. The minimum Gasteiger partial charge on any atom is -0.468 e. The Balaban J connectivity index is 1.87. The maximum atomic E-state index is 13.0. The van der Waals surface area contributed by atoms with Gasteiger partial charge in [-0.15, -0.1) is 0 Å². The second-order valence-corrected chi connectivity index (χ2v) is 4.99. The van der Waals surface area contributed by atoms with E-state index in [1.807, 2.05) is 0 Å². The first-order valence-corrected chi connectivity index (χ1v) is 6.97. The molecule has 0 radical (unpaired) electrons. The van der Waals surface area contributed by atoms with E-state index in [0.29, 0.717) is 11.1 Å². The number of carbonyl (C=O) groups excluding carboxylic acids is 1. The van der Waals surface area contributed by atoms with Gasteiger partial charge in [-0.25, -0.2) is 9.37 Å². The van der Waals surface area contributed by atoms with Crippen LogP contribution < -0.4 is 10.1 Å². The lowest BCUT2D eigenvalue weighted by Crippen LogP contribution is -2.24. The average molecular weight is 342 g/mol. The SMILES string of the molecule is O=C(Cc1ccnc(OCC(F)(F)F)c1)NCc1cccc(F)c1. The number of rotatable bonds is 6. The molecule has 1 heterocycles. The number of nitrogens with one attached hydrogen (secondary N) is 1. The summed E-state index contributed by atoms with van der Waals surface area (Å²) >= 11 is 0. The first-order valence-electron chi connectivity index (χ1n) is 6.97. The van der Waals surface area contributed by atoms with Crippen LogP contribution in [0.1, 0.15) is 11.1 Å². The fraction of sp³-hybridized carbons (Fsp3) is 0.250. The van der Waals surface area contributed by atoms with Crippen molar-refractivity contribution in [2.75, 3.05) is 6.61 Å². The lowest BCUT2D eigenvalue weighted by Gasteiger charge is -2.09. The molecule has 0 fully saturated rings. The lowest BCUT2D eigenvalue weighted by atomic mass is 10.1. The number of ether oxygens (including phenoxy) is 1. The number of pyridine rings is 1. The standard InChI is InChI=1S/C16H14F4N2O2/c17-13-3-1-2-12(6-13)9-22-14(23)7-11-4-5-21-15(8-11)24-10-16(18,19)20/h1-6,8H,7,9-10H2,(H,22,23). The molecular weight excluding hydrogens is 328 g/mol. The Bertz CT molecular complexity index is 704. The summed E-state index contributed by atoms with van der Waals surface area (Å²) < 4.78 is 53.8. The molecule has 4 nitrogen and oxygen atoms in total. The van der Waals surface area contributed by atoms with Gasteiger partial charge in [0.25, 0.3) is 0 Å². The fourth-order valence-electron chi connectivity index (χ4n) is 1.89. The Morgan fingerprint density at radius 1 is 1.17 bits per heavy atom. The molecular formula is C16H14F4N2O2. The summed E-state index contributed by atoms with van der Waals surface area (Å²) in [4.78, 5) is 15.5. The van der Waals surface area contributed by atoms with Crippen molar-refractivity contribution in [1.29, 1.82) is 0 Å². The van der Waals surface area contributed by atoms with Gasteiger partial charge in [0.05, 0.1) is 6.42 Å². The highest BCUT2D eigenvalue weighted by Crippen LogP contribution is 2.17. The molecule has 0 saturated carbocycles. The molecule has 2 aromatic rings. The van der Waals surface area contributed by atoms with Crippen molar-refractivity contribution in [3.8, 4) is 5.88 Å². The molecule has 0 bridgehead atoms. The lowest BCUT2D eigenvalue weighted by molar-refractivity contribution is -0.154. The Morgan fingerprint density at radius 2 is 1.96 bits per heavy atom. The molecule has 1 aromatic carbocycles. The summed E-state index contributed by atoms with van der Waals surface area (Å²) in [5.41, 5.74) is 1.06. The maximum absolute atomic E-state index is 13.0. The van der Waals surface area contributed by atoms with Crippen LogP contribution in [0.4, 0.5) is 17.6 Å². The number of alkyl halides is 3. The van der Waals surface area contributed by atoms with Crippen LogP contribution in [-0.2, 0) is 17.8 Å². The monoisotopic (exact) mass is 342 g/mol. The van der Waals surface area contributed by atoms with Crippen LogP contribution in [0.15, 0.2) is 42.6 Å². The van der Waals surface area contributed by atoms with Crippen LogP contribution in [0, 0.1) is 5.82 Å². The number of carbonyl (C=O) groups is 1. The van der Waals surface area contributed by atoms with E-state index >= 15 is 0 Å². The first kappa shape index (κ1) is 17.7. The second-order valence-electron chi connectivity index (χ2n) is 4.99.